The van der Waals surface area contributed by atoms with E-state index in [1.165, 1.54) is 11.1 Å². The topological polar surface area (TPSA) is 67.6 Å². The zero-order valence-corrected chi connectivity index (χ0v) is 19.1. The van der Waals surface area contributed by atoms with E-state index >= 15 is 0 Å². The van der Waals surface area contributed by atoms with E-state index in [1.807, 2.05) is 4.68 Å². The van der Waals surface area contributed by atoms with Crippen molar-refractivity contribution in [3.63, 3.8) is 0 Å². The molecule has 0 aliphatic carbocycles. The van der Waals surface area contributed by atoms with E-state index in [-0.39, 0.29) is 24.0 Å². The summed E-state index contributed by atoms with van der Waals surface area (Å²) in [5.41, 5.74) is 2.41. The largest absolute Gasteiger partial charge is 0.378 e. The van der Waals surface area contributed by atoms with E-state index < -0.39 is 0 Å². The molecule has 1 aromatic heterocycles. The first-order valence-corrected chi connectivity index (χ1v) is 9.83. The fourth-order valence-corrected chi connectivity index (χ4v) is 3.39. The van der Waals surface area contributed by atoms with E-state index in [4.69, 9.17) is 9.73 Å². The third-order valence-corrected chi connectivity index (χ3v) is 4.69. The molecule has 28 heavy (non-hydrogen) atoms. The van der Waals surface area contributed by atoms with Gasteiger partial charge in [-0.2, -0.15) is 5.10 Å². The van der Waals surface area contributed by atoms with E-state index in [1.54, 1.807) is 12.7 Å². The Bertz CT molecular complexity index is 713. The lowest BCUT2D eigenvalue weighted by Gasteiger charge is -2.34. The first-order valence-electron chi connectivity index (χ1n) is 9.83. The maximum Gasteiger partial charge on any atom is 0.194 e. The van der Waals surface area contributed by atoms with Crippen molar-refractivity contribution in [3.05, 3.63) is 48.0 Å². The zero-order valence-electron chi connectivity index (χ0n) is 16.8. The molecule has 0 unspecified atom stereocenters. The Kier molecular flexibility index (Phi) is 9.69. The predicted octanol–water partition coefficient (Wildman–Crippen LogP) is 2.91. The molecule has 3 rings (SSSR count). The van der Waals surface area contributed by atoms with Gasteiger partial charge >= 0.3 is 0 Å². The molecule has 0 saturated carbocycles. The first-order chi connectivity index (χ1) is 13.3. The summed E-state index contributed by atoms with van der Waals surface area (Å²) >= 11 is 0. The number of hydrogen-bond acceptors (Lipinski definition) is 4. The highest BCUT2D eigenvalue weighted by atomic mass is 127. The van der Waals surface area contributed by atoms with E-state index in [0.29, 0.717) is 12.6 Å². The summed E-state index contributed by atoms with van der Waals surface area (Å²) in [6.45, 7) is 9.21. The van der Waals surface area contributed by atoms with Gasteiger partial charge in [-0.05, 0) is 37.8 Å². The van der Waals surface area contributed by atoms with Crippen molar-refractivity contribution in [3.8, 4) is 0 Å². The molecule has 0 radical (unpaired) electrons. The van der Waals surface area contributed by atoms with Gasteiger partial charge in [0.1, 0.15) is 12.7 Å². The summed E-state index contributed by atoms with van der Waals surface area (Å²) in [4.78, 5) is 11.2. The number of aliphatic imine (C=N–C) groups is 1. The quantitative estimate of drug-likeness (QED) is 0.361. The van der Waals surface area contributed by atoms with E-state index in [9.17, 15) is 0 Å². The van der Waals surface area contributed by atoms with Gasteiger partial charge in [0.2, 0.25) is 0 Å². The average molecular weight is 498 g/mol. The van der Waals surface area contributed by atoms with Gasteiger partial charge in [0.05, 0.1) is 19.2 Å². The Labute approximate surface area is 184 Å². The number of benzene rings is 1. The zero-order chi connectivity index (χ0) is 18.9. The van der Waals surface area contributed by atoms with Crippen molar-refractivity contribution in [2.24, 2.45) is 4.99 Å². The van der Waals surface area contributed by atoms with E-state index in [0.717, 1.165) is 51.6 Å². The van der Waals surface area contributed by atoms with Gasteiger partial charge in [-0.25, -0.2) is 14.7 Å². The molecule has 0 spiro atoms. The third kappa shape index (κ3) is 6.73. The smallest absolute Gasteiger partial charge is 0.194 e. The Morgan fingerprint density at radius 3 is 2.71 bits per heavy atom. The highest BCUT2D eigenvalue weighted by Gasteiger charge is 2.21. The maximum absolute atomic E-state index is 5.76. The number of aromatic nitrogens is 3. The van der Waals surface area contributed by atoms with Gasteiger partial charge in [-0.15, -0.1) is 24.0 Å². The van der Waals surface area contributed by atoms with Crippen molar-refractivity contribution in [1.82, 2.24) is 25.0 Å². The Morgan fingerprint density at radius 1 is 1.25 bits per heavy atom. The van der Waals surface area contributed by atoms with Crippen LogP contribution in [0.2, 0.25) is 0 Å². The molecule has 7 nitrogen and oxygen atoms in total. The van der Waals surface area contributed by atoms with Gasteiger partial charge in [0.25, 0.3) is 0 Å². The van der Waals surface area contributed by atoms with Gasteiger partial charge in [0.15, 0.2) is 5.96 Å². The number of nitrogens with one attached hydrogen (secondary N) is 1. The highest BCUT2D eigenvalue weighted by molar-refractivity contribution is 14.0. The third-order valence-electron chi connectivity index (χ3n) is 4.69. The Morgan fingerprint density at radius 2 is 2.04 bits per heavy atom. The molecule has 2 aromatic rings. The second kappa shape index (κ2) is 12.0. The molecule has 2 heterocycles. The van der Waals surface area contributed by atoms with Gasteiger partial charge in [-0.1, -0.05) is 24.3 Å². The van der Waals surface area contributed by atoms with Gasteiger partial charge in [0, 0.05) is 26.2 Å². The lowest BCUT2D eigenvalue weighted by Crippen LogP contribution is -2.47. The molecule has 1 saturated heterocycles. The van der Waals surface area contributed by atoms with Crippen LogP contribution in [0.25, 0.3) is 0 Å². The first kappa shape index (κ1) is 22.6. The normalized spacial score (nSPS) is 15.4. The number of rotatable bonds is 7. The van der Waals surface area contributed by atoms with E-state index in [2.05, 4.69) is 58.4 Å². The fraction of sp³-hybridized carbons (Fsp3) is 0.550. The monoisotopic (exact) mass is 498 g/mol. The van der Waals surface area contributed by atoms with Crippen LogP contribution in [0.1, 0.15) is 37.8 Å². The van der Waals surface area contributed by atoms with Gasteiger partial charge < -0.3 is 15.0 Å². The van der Waals surface area contributed by atoms with Crippen LogP contribution >= 0.6 is 24.0 Å². The summed E-state index contributed by atoms with van der Waals surface area (Å²) in [6, 6.07) is 8.51. The number of likely N-dealkylation sites (tertiary alicyclic amines) is 1. The molecular formula is C20H31IN6O. The second-order valence-corrected chi connectivity index (χ2v) is 6.72. The van der Waals surface area contributed by atoms with Crippen LogP contribution in [0.5, 0.6) is 0 Å². The van der Waals surface area contributed by atoms with Crippen molar-refractivity contribution >= 4 is 29.9 Å². The van der Waals surface area contributed by atoms with Crippen LogP contribution in [-0.2, 0) is 17.8 Å². The number of hydrogen-bond donors (Lipinski definition) is 1. The van der Waals surface area contributed by atoms with Crippen LogP contribution in [0.3, 0.4) is 0 Å². The van der Waals surface area contributed by atoms with Gasteiger partial charge in [-0.3, -0.25) is 0 Å². The molecular weight excluding hydrogens is 467 g/mol. The summed E-state index contributed by atoms with van der Waals surface area (Å²) in [6.07, 6.45) is 5.81. The summed E-state index contributed by atoms with van der Waals surface area (Å²) in [5, 5.41) is 7.60. The number of piperidine rings is 1. The Balaban J connectivity index is 0.00000280. The summed E-state index contributed by atoms with van der Waals surface area (Å²) < 4.78 is 7.59. The molecule has 154 valence electrons. The highest BCUT2D eigenvalue weighted by Crippen LogP contribution is 2.14. The minimum absolute atomic E-state index is 0. The van der Waals surface area contributed by atoms with Crippen molar-refractivity contribution in [2.75, 3.05) is 26.2 Å². The molecule has 1 aliphatic heterocycles. The fourth-order valence-electron chi connectivity index (χ4n) is 3.39. The number of nitrogens with zero attached hydrogens (tertiary/aromatic N) is 5. The molecule has 0 bridgehead atoms. The SMILES string of the molecule is CCNC(=NCc1cccc(Cn2cncn2)c1)N1CCC(OCC)CC1.I. The van der Waals surface area contributed by atoms with Crippen LogP contribution in [0, 0.1) is 0 Å². The lowest BCUT2D eigenvalue weighted by atomic mass is 10.1. The van der Waals surface area contributed by atoms with Crippen molar-refractivity contribution < 1.29 is 4.74 Å². The molecule has 1 aromatic carbocycles. The van der Waals surface area contributed by atoms with Crippen molar-refractivity contribution in [1.29, 1.82) is 0 Å². The average Bonchev–Trinajstić information content (AvgIpc) is 3.19. The number of halogens is 1. The minimum Gasteiger partial charge on any atom is -0.378 e. The second-order valence-electron chi connectivity index (χ2n) is 6.72. The van der Waals surface area contributed by atoms with Crippen molar-refractivity contribution in [2.45, 2.75) is 45.9 Å². The van der Waals surface area contributed by atoms with Crippen LogP contribution < -0.4 is 5.32 Å². The molecule has 1 fully saturated rings. The summed E-state index contributed by atoms with van der Waals surface area (Å²) in [5.74, 6) is 0.995. The molecule has 0 atom stereocenters. The van der Waals surface area contributed by atoms with Crippen LogP contribution in [0.4, 0.5) is 0 Å². The number of guanidine groups is 1. The molecule has 0 amide bonds. The van der Waals surface area contributed by atoms with Crippen LogP contribution in [0.15, 0.2) is 41.9 Å². The molecule has 1 N–H and O–H groups in total. The molecule has 1 aliphatic rings. The van der Waals surface area contributed by atoms with Crippen LogP contribution in [-0.4, -0.2) is 58.0 Å². The minimum atomic E-state index is 0. The number of ether oxygens (including phenoxy) is 1. The predicted molar refractivity (Wildman–Crippen MR) is 122 cm³/mol. The summed E-state index contributed by atoms with van der Waals surface area (Å²) in [7, 11) is 0. The standard InChI is InChI=1S/C20H30N6O.HI/c1-3-22-20(25-10-8-19(9-11-25)27-4-2)23-13-17-6-5-7-18(12-17)14-26-16-21-15-24-26;/h5-7,12,15-16,19H,3-4,8-11,13-14H2,1-2H3,(H,22,23);1H. The Hall–Kier alpha value is -1.68. The molecule has 8 heteroatoms. The maximum atomic E-state index is 5.76. The lowest BCUT2D eigenvalue weighted by molar-refractivity contribution is 0.0263.